The number of nitrogen functional groups attached to an aromatic ring is 1. The van der Waals surface area contributed by atoms with Crippen molar-refractivity contribution < 1.29 is 4.74 Å². The zero-order valence-electron chi connectivity index (χ0n) is 12.8. The lowest BCUT2D eigenvalue weighted by Crippen LogP contribution is -2.16. The molecule has 0 amide bonds. The Hall–Kier alpha value is -1.75. The van der Waals surface area contributed by atoms with Crippen molar-refractivity contribution in [2.45, 2.75) is 45.8 Å². The number of hydrogen-bond donors (Lipinski definition) is 2. The maximum absolute atomic E-state index is 5.86. The van der Waals surface area contributed by atoms with Gasteiger partial charge in [0.25, 0.3) is 0 Å². The van der Waals surface area contributed by atoms with Gasteiger partial charge in [0.05, 0.1) is 6.10 Å². The molecule has 2 aromatic rings. The van der Waals surface area contributed by atoms with Gasteiger partial charge in [-0.2, -0.15) is 4.37 Å². The van der Waals surface area contributed by atoms with Crippen LogP contribution in [0.4, 0.5) is 10.8 Å². The van der Waals surface area contributed by atoms with Gasteiger partial charge in [-0.25, -0.2) is 0 Å². The molecule has 1 aromatic carbocycles. The summed E-state index contributed by atoms with van der Waals surface area (Å²) in [5.41, 5.74) is 7.22. The number of nitrogens with two attached hydrogens (primary N) is 1. The number of ether oxygens (including phenoxy) is 1. The Kier molecular flexibility index (Phi) is 5.44. The number of nitrogens with zero attached hydrogens (tertiary/aromatic N) is 1. The van der Waals surface area contributed by atoms with Crippen molar-refractivity contribution in [3.8, 4) is 5.75 Å². The number of nitrogens with one attached hydrogen (secondary N) is 1. The molecule has 114 valence electrons. The quantitative estimate of drug-likeness (QED) is 0.813. The minimum atomic E-state index is 0.0869. The van der Waals surface area contributed by atoms with E-state index in [0.29, 0.717) is 17.6 Å². The van der Waals surface area contributed by atoms with Gasteiger partial charge in [0.2, 0.25) is 0 Å². The van der Waals surface area contributed by atoms with Crippen LogP contribution in [0.1, 0.15) is 32.8 Å². The third-order valence-electron chi connectivity index (χ3n) is 3.11. The molecule has 0 fully saturated rings. The first-order valence-electron chi connectivity index (χ1n) is 7.28. The van der Waals surface area contributed by atoms with Crippen molar-refractivity contribution in [3.63, 3.8) is 0 Å². The van der Waals surface area contributed by atoms with Crippen molar-refractivity contribution in [1.82, 2.24) is 4.37 Å². The molecule has 0 aliphatic rings. The molecule has 0 aliphatic carbocycles. The summed E-state index contributed by atoms with van der Waals surface area (Å²) in [6, 6.07) is 10.8. The topological polar surface area (TPSA) is 60.2 Å². The number of anilines is 2. The zero-order chi connectivity index (χ0) is 15.2. The van der Waals surface area contributed by atoms with Crippen LogP contribution in [-0.2, 0) is 6.42 Å². The number of hydrogen-bond acceptors (Lipinski definition) is 5. The second-order valence-corrected chi connectivity index (χ2v) is 6.24. The van der Waals surface area contributed by atoms with E-state index in [1.807, 2.05) is 19.9 Å². The van der Waals surface area contributed by atoms with Gasteiger partial charge in [0, 0.05) is 6.04 Å². The Balaban J connectivity index is 1.92. The first kappa shape index (κ1) is 15.6. The Labute approximate surface area is 130 Å². The Morgan fingerprint density at radius 2 is 1.95 bits per heavy atom. The van der Waals surface area contributed by atoms with Crippen molar-refractivity contribution in [2.24, 2.45) is 0 Å². The van der Waals surface area contributed by atoms with Crippen molar-refractivity contribution in [3.05, 3.63) is 35.9 Å². The smallest absolute Gasteiger partial charge is 0.197 e. The van der Waals surface area contributed by atoms with Crippen LogP contribution in [0, 0.1) is 0 Å². The molecule has 2 rings (SSSR count). The number of aromatic nitrogens is 1. The van der Waals surface area contributed by atoms with Gasteiger partial charge in [-0.3, -0.25) is 0 Å². The molecule has 3 N–H and O–H groups in total. The van der Waals surface area contributed by atoms with Crippen LogP contribution in [0.25, 0.3) is 0 Å². The summed E-state index contributed by atoms with van der Waals surface area (Å²) >= 11 is 1.36. The van der Waals surface area contributed by atoms with Gasteiger partial charge < -0.3 is 15.8 Å². The van der Waals surface area contributed by atoms with Crippen LogP contribution < -0.4 is 15.8 Å². The number of rotatable bonds is 7. The van der Waals surface area contributed by atoms with E-state index in [2.05, 4.69) is 40.9 Å². The molecule has 0 saturated carbocycles. The third-order valence-corrected chi connectivity index (χ3v) is 3.89. The van der Waals surface area contributed by atoms with Gasteiger partial charge in [-0.1, -0.05) is 30.3 Å². The molecule has 1 unspecified atom stereocenters. The van der Waals surface area contributed by atoms with Crippen molar-refractivity contribution >= 4 is 22.4 Å². The normalized spacial score (nSPS) is 12.4. The lowest BCUT2D eigenvalue weighted by molar-refractivity contribution is 0.245. The molecule has 1 heterocycles. The molecule has 1 aromatic heterocycles. The number of aryl methyl sites for hydroxylation is 1. The first-order valence-corrected chi connectivity index (χ1v) is 8.06. The molecule has 0 spiro atoms. The summed E-state index contributed by atoms with van der Waals surface area (Å²) in [6.45, 7) is 6.14. The fourth-order valence-corrected chi connectivity index (χ4v) is 2.82. The summed E-state index contributed by atoms with van der Waals surface area (Å²) in [7, 11) is 0. The molecule has 0 bridgehead atoms. The van der Waals surface area contributed by atoms with E-state index in [4.69, 9.17) is 10.5 Å². The summed E-state index contributed by atoms with van der Waals surface area (Å²) < 4.78 is 9.91. The highest BCUT2D eigenvalue weighted by Gasteiger charge is 2.16. The summed E-state index contributed by atoms with van der Waals surface area (Å²) in [6.07, 6.45) is 2.18. The highest BCUT2D eigenvalue weighted by atomic mass is 32.1. The maximum Gasteiger partial charge on any atom is 0.197 e. The maximum atomic E-state index is 5.86. The Bertz CT molecular complexity index is 554. The van der Waals surface area contributed by atoms with E-state index in [1.54, 1.807) is 0 Å². The summed E-state index contributed by atoms with van der Waals surface area (Å²) in [5, 5.41) is 4.38. The van der Waals surface area contributed by atoms with Crippen molar-refractivity contribution in [2.75, 3.05) is 11.1 Å². The molecule has 4 nitrogen and oxygen atoms in total. The molecule has 5 heteroatoms. The van der Waals surface area contributed by atoms with Crippen LogP contribution >= 0.6 is 11.5 Å². The molecule has 21 heavy (non-hydrogen) atoms. The second kappa shape index (κ2) is 7.31. The highest BCUT2D eigenvalue weighted by Crippen LogP contribution is 2.36. The lowest BCUT2D eigenvalue weighted by atomic mass is 10.1. The van der Waals surface area contributed by atoms with Crippen LogP contribution in [0.15, 0.2) is 30.3 Å². The molecular weight excluding hydrogens is 282 g/mol. The predicted octanol–water partition coefficient (Wildman–Crippen LogP) is 3.95. The highest BCUT2D eigenvalue weighted by molar-refractivity contribution is 7.11. The van der Waals surface area contributed by atoms with E-state index in [9.17, 15) is 0 Å². The van der Waals surface area contributed by atoms with E-state index in [-0.39, 0.29) is 6.10 Å². The minimum absolute atomic E-state index is 0.0869. The van der Waals surface area contributed by atoms with Crippen LogP contribution in [0.2, 0.25) is 0 Å². The average Bonchev–Trinajstić information content (AvgIpc) is 2.79. The SMILES string of the molecule is CC(CCc1ccccc1)Nc1snc(N)c1OC(C)C. The van der Waals surface area contributed by atoms with Crippen LogP contribution in [-0.4, -0.2) is 16.5 Å². The van der Waals surface area contributed by atoms with Gasteiger partial charge in [-0.05, 0) is 50.7 Å². The molecule has 1 atom stereocenters. The van der Waals surface area contributed by atoms with Crippen LogP contribution in [0.5, 0.6) is 5.75 Å². The van der Waals surface area contributed by atoms with Gasteiger partial charge >= 0.3 is 0 Å². The summed E-state index contributed by atoms with van der Waals surface area (Å²) in [4.78, 5) is 0. The Morgan fingerprint density at radius 3 is 2.62 bits per heavy atom. The zero-order valence-corrected chi connectivity index (χ0v) is 13.6. The molecule has 0 radical (unpaired) electrons. The third kappa shape index (κ3) is 4.63. The minimum Gasteiger partial charge on any atom is -0.484 e. The predicted molar refractivity (Wildman–Crippen MR) is 90.1 cm³/mol. The first-order chi connectivity index (χ1) is 10.1. The van der Waals surface area contributed by atoms with Gasteiger partial charge in [0.15, 0.2) is 16.6 Å². The molecular formula is C16H23N3OS. The fraction of sp³-hybridized carbons (Fsp3) is 0.438. The van der Waals surface area contributed by atoms with E-state index < -0.39 is 0 Å². The van der Waals surface area contributed by atoms with Crippen LogP contribution in [0.3, 0.4) is 0 Å². The van der Waals surface area contributed by atoms with Gasteiger partial charge in [0.1, 0.15) is 0 Å². The standard InChI is InChI=1S/C16H23N3OS/c1-11(2)20-14-15(17)19-21-16(14)18-12(3)9-10-13-7-5-4-6-8-13/h4-8,11-12,18H,9-10H2,1-3H3,(H2,17,19). The summed E-state index contributed by atoms with van der Waals surface area (Å²) in [5.74, 6) is 1.15. The average molecular weight is 305 g/mol. The van der Waals surface area contributed by atoms with Crippen molar-refractivity contribution in [1.29, 1.82) is 0 Å². The molecule has 0 aliphatic heterocycles. The largest absolute Gasteiger partial charge is 0.484 e. The Morgan fingerprint density at radius 1 is 1.24 bits per heavy atom. The number of benzene rings is 1. The van der Waals surface area contributed by atoms with E-state index in [1.165, 1.54) is 17.1 Å². The van der Waals surface area contributed by atoms with Gasteiger partial charge in [-0.15, -0.1) is 0 Å². The lowest BCUT2D eigenvalue weighted by Gasteiger charge is -2.16. The fourth-order valence-electron chi connectivity index (χ4n) is 2.06. The molecule has 0 saturated heterocycles. The van der Waals surface area contributed by atoms with E-state index in [0.717, 1.165) is 17.8 Å². The van der Waals surface area contributed by atoms with E-state index >= 15 is 0 Å². The monoisotopic (exact) mass is 305 g/mol. The second-order valence-electron chi connectivity index (χ2n) is 5.46.